The molecule has 5 N–H and O–H groups in total. The average molecular weight is 99.1 g/mol. The molecule has 5 nitrogen and oxygen atoms in total. The van der Waals surface area contributed by atoms with Crippen molar-refractivity contribution in [3.63, 3.8) is 0 Å². The lowest BCUT2D eigenvalue weighted by Gasteiger charge is -1.76. The summed E-state index contributed by atoms with van der Waals surface area (Å²) in [6.07, 6.45) is 0. The van der Waals surface area contributed by atoms with Gasteiger partial charge in [0.25, 0.3) is 0 Å². The van der Waals surface area contributed by atoms with Crippen molar-refractivity contribution in [1.29, 1.82) is 5.41 Å². The van der Waals surface area contributed by atoms with E-state index in [1.165, 1.54) is 0 Å². The number of nitrogens with zero attached hydrogens (tertiary/aromatic N) is 2. The van der Waals surface area contributed by atoms with Crippen LogP contribution in [0, 0.1) is 5.41 Å². The summed E-state index contributed by atoms with van der Waals surface area (Å²) in [5.41, 5.74) is 9.58. The third kappa shape index (κ3) is 4.65. The lowest BCUT2D eigenvalue weighted by Crippen LogP contribution is -2.21. The van der Waals surface area contributed by atoms with Gasteiger partial charge in [0.05, 0.1) is 0 Å². The van der Waals surface area contributed by atoms with Crippen LogP contribution in [0.3, 0.4) is 0 Å². The van der Waals surface area contributed by atoms with Gasteiger partial charge < -0.3 is 11.5 Å². The van der Waals surface area contributed by atoms with Crippen molar-refractivity contribution in [3.8, 4) is 0 Å². The maximum Gasteiger partial charge on any atom is 0.212 e. The van der Waals surface area contributed by atoms with Gasteiger partial charge in [-0.05, 0) is 0 Å². The fourth-order valence-electron chi connectivity index (χ4n) is 0.0827. The lowest BCUT2D eigenvalue weighted by atomic mass is 11.1. The van der Waals surface area contributed by atoms with E-state index in [1.54, 1.807) is 6.01 Å². The highest BCUT2D eigenvalue weighted by Gasteiger charge is 1.67. The Balaban J connectivity index is 3.69. The zero-order valence-electron chi connectivity index (χ0n) is 3.55. The maximum atomic E-state index is 6.16. The topological polar surface area (TPSA) is 101 Å². The average Bonchev–Trinajstić information content (AvgIpc) is 1.61. The normalized spacial score (nSPS) is 6.29. The van der Waals surface area contributed by atoms with Crippen LogP contribution in [0.5, 0.6) is 0 Å². The van der Waals surface area contributed by atoms with Crippen LogP contribution in [-0.2, 0) is 0 Å². The molecule has 0 aromatic heterocycles. The van der Waals surface area contributed by atoms with Gasteiger partial charge in [-0.1, -0.05) is 5.10 Å². The van der Waals surface area contributed by atoms with Crippen LogP contribution in [-0.4, -0.2) is 12.0 Å². The summed E-state index contributed by atoms with van der Waals surface area (Å²) in [7, 11) is 0. The van der Waals surface area contributed by atoms with Gasteiger partial charge in [-0.3, -0.25) is 0 Å². The number of hydrogen-bond donors (Lipinski definition) is 3. The minimum atomic E-state index is -0.167. The lowest BCUT2D eigenvalue weighted by molar-refractivity contribution is 1.21. The second kappa shape index (κ2) is 2.87. The van der Waals surface area contributed by atoms with E-state index in [0.29, 0.717) is 0 Å². The Kier molecular flexibility index (Phi) is 2.31. The highest BCUT2D eigenvalue weighted by atomic mass is 15.3. The van der Waals surface area contributed by atoms with Crippen LogP contribution in [0.2, 0.25) is 0 Å². The quantitative estimate of drug-likeness (QED) is 0.221. The number of nitrogens with two attached hydrogens (primary N) is 2. The molecule has 5 heteroatoms. The van der Waals surface area contributed by atoms with Gasteiger partial charge in [0, 0.05) is 0 Å². The highest BCUT2D eigenvalue weighted by Crippen LogP contribution is 1.58. The smallest absolute Gasteiger partial charge is 0.212 e. The molecular weight excluding hydrogens is 94.1 g/mol. The van der Waals surface area contributed by atoms with Crippen molar-refractivity contribution in [2.45, 2.75) is 0 Å². The van der Waals surface area contributed by atoms with Crippen LogP contribution >= 0.6 is 0 Å². The first-order valence-electron chi connectivity index (χ1n) is 1.47. The van der Waals surface area contributed by atoms with Gasteiger partial charge in [-0.25, -0.2) is 5.41 Å². The Morgan fingerprint density at radius 1 is 1.57 bits per heavy atom. The summed E-state index contributed by atoms with van der Waals surface area (Å²) < 4.78 is 0. The molecule has 0 aliphatic rings. The highest BCUT2D eigenvalue weighted by molar-refractivity contribution is 5.75. The molecule has 0 aliphatic heterocycles. The number of nitrogens with one attached hydrogen (secondary N) is 1. The van der Waals surface area contributed by atoms with Gasteiger partial charge >= 0.3 is 0 Å². The predicted octanol–water partition coefficient (Wildman–Crippen LogP) is -1.07. The number of guanidine groups is 1. The molecule has 0 aromatic carbocycles. The maximum absolute atomic E-state index is 6.16. The first-order valence-corrected chi connectivity index (χ1v) is 1.47. The summed E-state index contributed by atoms with van der Waals surface area (Å²) in [6, 6.07) is 1.63. The van der Waals surface area contributed by atoms with E-state index in [9.17, 15) is 0 Å². The molecule has 0 heterocycles. The van der Waals surface area contributed by atoms with Crippen molar-refractivity contribution < 1.29 is 0 Å². The van der Waals surface area contributed by atoms with E-state index in [-0.39, 0.29) is 5.96 Å². The van der Waals surface area contributed by atoms with Gasteiger partial charge in [-0.15, -0.1) is 5.10 Å². The number of rotatable bonds is 1. The van der Waals surface area contributed by atoms with Crippen LogP contribution in [0.1, 0.15) is 0 Å². The molecule has 0 spiro atoms. The minimum Gasteiger partial charge on any atom is -0.369 e. The van der Waals surface area contributed by atoms with Crippen LogP contribution in [0.25, 0.3) is 0 Å². The fraction of sp³-hybridized carbons (Fsp3) is 0. The van der Waals surface area contributed by atoms with Crippen molar-refractivity contribution in [1.82, 2.24) is 0 Å². The third-order valence-corrected chi connectivity index (χ3v) is 0.215. The zero-order valence-corrected chi connectivity index (χ0v) is 3.55. The largest absolute Gasteiger partial charge is 0.369 e. The summed E-state index contributed by atoms with van der Waals surface area (Å²) in [6.45, 7) is 0. The molecule has 0 rings (SSSR count). The van der Waals surface area contributed by atoms with E-state index in [4.69, 9.17) is 16.9 Å². The molecule has 0 atom stereocenters. The Morgan fingerprint density at radius 2 is 2.14 bits per heavy atom. The van der Waals surface area contributed by atoms with E-state index in [2.05, 4.69) is 10.2 Å². The molecule has 0 bridgehead atoms. The van der Waals surface area contributed by atoms with Crippen molar-refractivity contribution in [2.24, 2.45) is 21.7 Å². The summed E-state index contributed by atoms with van der Waals surface area (Å²) in [5, 5.41) is 12.1. The van der Waals surface area contributed by atoms with Crippen LogP contribution in [0.4, 0.5) is 0 Å². The molecule has 38 valence electrons. The Bertz CT molecular complexity index is 114. The zero-order chi connectivity index (χ0) is 5.70. The van der Waals surface area contributed by atoms with Gasteiger partial charge in [0.1, 0.15) is 6.01 Å². The number of hydrogen-bond acceptors (Lipinski definition) is 3. The molecule has 0 amide bonds. The van der Waals surface area contributed by atoms with Crippen molar-refractivity contribution >= 4 is 12.0 Å². The molecular formula is C2H5N5. The van der Waals surface area contributed by atoms with E-state index in [1.807, 2.05) is 0 Å². The molecule has 0 fully saturated rings. The molecule has 7 heavy (non-hydrogen) atoms. The summed E-state index contributed by atoms with van der Waals surface area (Å²) in [5.74, 6) is -0.167. The fourth-order valence-corrected chi connectivity index (χ4v) is 0.0827. The Hall–Kier alpha value is -1.35. The third-order valence-electron chi connectivity index (χ3n) is 0.215. The molecule has 0 unspecified atom stereocenters. The Labute approximate surface area is 40.2 Å². The first-order chi connectivity index (χ1) is 3.27. The molecule has 0 radical (unpaired) electrons. The summed E-state index contributed by atoms with van der Waals surface area (Å²) in [4.78, 5) is 0. The summed E-state index contributed by atoms with van der Waals surface area (Å²) >= 11 is 0. The van der Waals surface area contributed by atoms with E-state index < -0.39 is 0 Å². The SMILES string of the molecule is N=C=NN=C(N)N. The second-order valence-electron chi connectivity index (χ2n) is 0.737. The van der Waals surface area contributed by atoms with Crippen molar-refractivity contribution in [2.75, 3.05) is 0 Å². The van der Waals surface area contributed by atoms with Crippen LogP contribution in [0.15, 0.2) is 10.2 Å². The first kappa shape index (κ1) is 5.65. The minimum absolute atomic E-state index is 0.167. The molecule has 0 saturated carbocycles. The standard InChI is InChI=1S/C2H5N5/c3-1-6-7-2(4)5/h3H,(H4,4,5,7). The Morgan fingerprint density at radius 3 is 2.29 bits per heavy atom. The van der Waals surface area contributed by atoms with Crippen molar-refractivity contribution in [3.05, 3.63) is 0 Å². The second-order valence-corrected chi connectivity index (χ2v) is 0.737. The van der Waals surface area contributed by atoms with Gasteiger partial charge in [-0.2, -0.15) is 0 Å². The monoisotopic (exact) mass is 99.1 g/mol. The van der Waals surface area contributed by atoms with Gasteiger partial charge in [0.2, 0.25) is 5.96 Å². The van der Waals surface area contributed by atoms with Gasteiger partial charge in [0.15, 0.2) is 0 Å². The van der Waals surface area contributed by atoms with E-state index >= 15 is 0 Å². The molecule has 0 aromatic rings. The predicted molar refractivity (Wildman–Crippen MR) is 26.0 cm³/mol. The molecule has 0 saturated heterocycles. The molecule has 0 aliphatic carbocycles. The van der Waals surface area contributed by atoms with Crippen LogP contribution < -0.4 is 11.5 Å². The van der Waals surface area contributed by atoms with E-state index in [0.717, 1.165) is 0 Å².